The molecule has 1 aromatic carbocycles. The number of hydrogen-bond acceptors (Lipinski definition) is 4. The van der Waals surface area contributed by atoms with Crippen LogP contribution in [-0.2, 0) is 0 Å². The Labute approximate surface area is 103 Å². The predicted molar refractivity (Wildman–Crippen MR) is 70.2 cm³/mol. The number of nitrogen functional groups attached to an aromatic ring is 1. The second-order valence-corrected chi connectivity index (χ2v) is 5.07. The van der Waals surface area contributed by atoms with Gasteiger partial charge in [0.1, 0.15) is 10.8 Å². The number of nitrogens with two attached hydrogens (primary N) is 1. The van der Waals surface area contributed by atoms with Gasteiger partial charge in [-0.3, -0.25) is 0 Å². The van der Waals surface area contributed by atoms with Crippen LogP contribution in [0.5, 0.6) is 0 Å². The van der Waals surface area contributed by atoms with E-state index >= 15 is 0 Å². The minimum Gasteiger partial charge on any atom is -0.382 e. The molecule has 2 heterocycles. The summed E-state index contributed by atoms with van der Waals surface area (Å²) in [5, 5.41) is 5.46. The molecule has 0 aliphatic carbocycles. The molecule has 0 bridgehead atoms. The van der Waals surface area contributed by atoms with Crippen LogP contribution in [0.4, 0.5) is 5.82 Å². The van der Waals surface area contributed by atoms with Gasteiger partial charge in [-0.25, -0.2) is 9.50 Å². The van der Waals surface area contributed by atoms with Crippen molar-refractivity contribution in [1.82, 2.24) is 14.6 Å². The maximum atomic E-state index is 5.61. The van der Waals surface area contributed by atoms with Gasteiger partial charge in [0.15, 0.2) is 0 Å². The molecular formula is C12H12N4S. The summed E-state index contributed by atoms with van der Waals surface area (Å²) in [6.45, 7) is 4.19. The van der Waals surface area contributed by atoms with Crippen LogP contribution in [0.2, 0.25) is 0 Å². The Balaban J connectivity index is 2.16. The van der Waals surface area contributed by atoms with Gasteiger partial charge in [-0.1, -0.05) is 35.1 Å². The first-order valence-corrected chi connectivity index (χ1v) is 6.14. The smallest absolute Gasteiger partial charge is 0.214 e. The molecule has 0 saturated carbocycles. The summed E-state index contributed by atoms with van der Waals surface area (Å²) in [6, 6.07) is 6.36. The van der Waals surface area contributed by atoms with E-state index in [-0.39, 0.29) is 0 Å². The SMILES string of the molecule is Cc1ccc(-c2nn3cc(N)nc3s2)c(C)c1. The zero-order chi connectivity index (χ0) is 12.0. The van der Waals surface area contributed by atoms with Crippen LogP contribution in [0.25, 0.3) is 15.5 Å². The van der Waals surface area contributed by atoms with Crippen LogP contribution >= 0.6 is 11.3 Å². The van der Waals surface area contributed by atoms with Gasteiger partial charge in [-0.2, -0.15) is 5.10 Å². The van der Waals surface area contributed by atoms with Crippen molar-refractivity contribution >= 4 is 22.1 Å². The van der Waals surface area contributed by atoms with Gasteiger partial charge in [0.2, 0.25) is 4.96 Å². The van der Waals surface area contributed by atoms with Crippen molar-refractivity contribution < 1.29 is 0 Å². The number of aromatic nitrogens is 3. The van der Waals surface area contributed by atoms with Crippen LogP contribution in [-0.4, -0.2) is 14.6 Å². The minimum atomic E-state index is 0.510. The van der Waals surface area contributed by atoms with Crippen LogP contribution in [0, 0.1) is 13.8 Å². The topological polar surface area (TPSA) is 56.2 Å². The normalized spacial score (nSPS) is 11.2. The molecule has 2 aromatic heterocycles. The molecule has 5 heteroatoms. The van der Waals surface area contributed by atoms with E-state index in [1.807, 2.05) is 0 Å². The maximum Gasteiger partial charge on any atom is 0.214 e. The quantitative estimate of drug-likeness (QED) is 0.716. The molecule has 0 aliphatic rings. The second kappa shape index (κ2) is 3.56. The first-order valence-electron chi connectivity index (χ1n) is 5.33. The average molecular weight is 244 g/mol. The summed E-state index contributed by atoms with van der Waals surface area (Å²) in [5.41, 5.74) is 9.26. The third-order valence-corrected chi connectivity index (χ3v) is 3.63. The largest absolute Gasteiger partial charge is 0.382 e. The van der Waals surface area contributed by atoms with E-state index in [2.05, 4.69) is 42.1 Å². The Morgan fingerprint density at radius 1 is 1.29 bits per heavy atom. The van der Waals surface area contributed by atoms with E-state index in [0.717, 1.165) is 15.5 Å². The van der Waals surface area contributed by atoms with Crippen LogP contribution in [0.3, 0.4) is 0 Å². The van der Waals surface area contributed by atoms with E-state index in [1.165, 1.54) is 11.1 Å². The van der Waals surface area contributed by atoms with Gasteiger partial charge in [0.05, 0.1) is 6.20 Å². The van der Waals surface area contributed by atoms with Crippen molar-refractivity contribution in [2.75, 3.05) is 5.73 Å². The molecule has 3 aromatic rings. The Morgan fingerprint density at radius 2 is 2.12 bits per heavy atom. The zero-order valence-electron chi connectivity index (χ0n) is 9.64. The fraction of sp³-hybridized carbons (Fsp3) is 0.167. The molecule has 0 spiro atoms. The summed E-state index contributed by atoms with van der Waals surface area (Å²) in [4.78, 5) is 5.03. The highest BCUT2D eigenvalue weighted by Crippen LogP contribution is 2.28. The monoisotopic (exact) mass is 244 g/mol. The molecule has 0 amide bonds. The van der Waals surface area contributed by atoms with Crippen molar-refractivity contribution in [2.24, 2.45) is 0 Å². The van der Waals surface area contributed by atoms with Gasteiger partial charge in [0, 0.05) is 5.56 Å². The third kappa shape index (κ3) is 1.68. The maximum absolute atomic E-state index is 5.61. The van der Waals surface area contributed by atoms with E-state index in [4.69, 9.17) is 5.73 Å². The van der Waals surface area contributed by atoms with E-state index in [9.17, 15) is 0 Å². The molecule has 0 aliphatic heterocycles. The zero-order valence-corrected chi connectivity index (χ0v) is 10.5. The summed E-state index contributed by atoms with van der Waals surface area (Å²) in [6.07, 6.45) is 1.73. The first-order chi connectivity index (χ1) is 8.13. The standard InChI is InChI=1S/C12H12N4S/c1-7-3-4-9(8(2)5-7)11-15-16-6-10(13)14-12(16)17-11/h3-6H,13H2,1-2H3. The second-order valence-electron chi connectivity index (χ2n) is 4.12. The number of imidazole rings is 1. The lowest BCUT2D eigenvalue weighted by atomic mass is 10.1. The predicted octanol–water partition coefficient (Wildman–Crippen LogP) is 2.66. The van der Waals surface area contributed by atoms with Crippen LogP contribution in [0.1, 0.15) is 11.1 Å². The molecule has 0 fully saturated rings. The number of anilines is 1. The van der Waals surface area contributed by atoms with E-state index in [1.54, 1.807) is 22.0 Å². The molecule has 86 valence electrons. The molecular weight excluding hydrogens is 232 g/mol. The number of nitrogens with zero attached hydrogens (tertiary/aromatic N) is 3. The van der Waals surface area contributed by atoms with Gasteiger partial charge in [0.25, 0.3) is 0 Å². The Kier molecular flexibility index (Phi) is 2.16. The summed E-state index contributed by atoms with van der Waals surface area (Å²) >= 11 is 1.55. The molecule has 0 radical (unpaired) electrons. The summed E-state index contributed by atoms with van der Waals surface area (Å²) in [5.74, 6) is 0.510. The minimum absolute atomic E-state index is 0.510. The van der Waals surface area contributed by atoms with E-state index < -0.39 is 0 Å². The van der Waals surface area contributed by atoms with Crippen molar-refractivity contribution in [1.29, 1.82) is 0 Å². The summed E-state index contributed by atoms with van der Waals surface area (Å²) < 4.78 is 1.73. The fourth-order valence-electron chi connectivity index (χ4n) is 1.88. The molecule has 2 N–H and O–H groups in total. The van der Waals surface area contributed by atoms with Gasteiger partial charge < -0.3 is 5.73 Å². The van der Waals surface area contributed by atoms with Crippen molar-refractivity contribution in [3.63, 3.8) is 0 Å². The van der Waals surface area contributed by atoms with Gasteiger partial charge in [-0.05, 0) is 19.4 Å². The lowest BCUT2D eigenvalue weighted by Gasteiger charge is -2.02. The molecule has 3 rings (SSSR count). The molecule has 4 nitrogen and oxygen atoms in total. The van der Waals surface area contributed by atoms with Crippen molar-refractivity contribution in [2.45, 2.75) is 13.8 Å². The van der Waals surface area contributed by atoms with Crippen LogP contribution in [0.15, 0.2) is 24.4 Å². The highest BCUT2D eigenvalue weighted by atomic mass is 32.1. The molecule has 0 atom stereocenters. The third-order valence-electron chi connectivity index (χ3n) is 2.67. The fourth-order valence-corrected chi connectivity index (χ4v) is 2.86. The lowest BCUT2D eigenvalue weighted by Crippen LogP contribution is -1.87. The number of hydrogen-bond donors (Lipinski definition) is 1. The molecule has 0 saturated heterocycles. The van der Waals surface area contributed by atoms with Crippen molar-refractivity contribution in [3.05, 3.63) is 35.5 Å². The van der Waals surface area contributed by atoms with Gasteiger partial charge in [-0.15, -0.1) is 0 Å². The number of rotatable bonds is 1. The average Bonchev–Trinajstić information content (AvgIpc) is 2.74. The lowest BCUT2D eigenvalue weighted by molar-refractivity contribution is 0.978. The molecule has 17 heavy (non-hydrogen) atoms. The van der Waals surface area contributed by atoms with Crippen LogP contribution < -0.4 is 5.73 Å². The highest BCUT2D eigenvalue weighted by Gasteiger charge is 2.10. The summed E-state index contributed by atoms with van der Waals surface area (Å²) in [7, 11) is 0. The number of benzene rings is 1. The highest BCUT2D eigenvalue weighted by molar-refractivity contribution is 7.19. The molecule has 0 unspecified atom stereocenters. The first kappa shape index (κ1) is 10.3. The number of fused-ring (bicyclic) bond motifs is 1. The van der Waals surface area contributed by atoms with E-state index in [0.29, 0.717) is 5.82 Å². The number of aryl methyl sites for hydroxylation is 2. The Morgan fingerprint density at radius 3 is 2.82 bits per heavy atom. The Bertz CT molecular complexity index is 664. The van der Waals surface area contributed by atoms with Crippen molar-refractivity contribution in [3.8, 4) is 10.6 Å². The van der Waals surface area contributed by atoms with Gasteiger partial charge >= 0.3 is 0 Å². The Hall–Kier alpha value is -1.88.